The summed E-state index contributed by atoms with van der Waals surface area (Å²) >= 11 is 0. The first kappa shape index (κ1) is 23.8. The van der Waals surface area contributed by atoms with Gasteiger partial charge in [-0.1, -0.05) is 12.2 Å². The summed E-state index contributed by atoms with van der Waals surface area (Å²) in [5.74, 6) is -1.67. The fourth-order valence-corrected chi connectivity index (χ4v) is 2.71. The van der Waals surface area contributed by atoms with Crippen LogP contribution >= 0.6 is 0 Å². The van der Waals surface area contributed by atoms with Gasteiger partial charge in [0, 0.05) is 13.0 Å². The Labute approximate surface area is 166 Å². The van der Waals surface area contributed by atoms with Crippen LogP contribution in [0.25, 0.3) is 0 Å². The van der Waals surface area contributed by atoms with Gasteiger partial charge in [0.15, 0.2) is 0 Å². The molecule has 1 rings (SSSR count). The van der Waals surface area contributed by atoms with Gasteiger partial charge in [-0.3, -0.25) is 14.9 Å². The maximum absolute atomic E-state index is 12.1. The highest BCUT2D eigenvalue weighted by atomic mass is 16.7. The molecule has 1 saturated heterocycles. The predicted octanol–water partition coefficient (Wildman–Crippen LogP) is 1.60. The molecule has 0 saturated carbocycles. The molecular formula is C20H32N2O6. The van der Waals surface area contributed by atoms with Crippen LogP contribution in [0.4, 0.5) is 0 Å². The highest BCUT2D eigenvalue weighted by Crippen LogP contribution is 2.17. The second-order valence-corrected chi connectivity index (χ2v) is 7.64. The maximum Gasteiger partial charge on any atom is 0.327 e. The minimum Gasteiger partial charge on any atom is -0.459 e. The summed E-state index contributed by atoms with van der Waals surface area (Å²) < 4.78 is 15.5. The van der Waals surface area contributed by atoms with E-state index in [9.17, 15) is 14.4 Å². The van der Waals surface area contributed by atoms with Gasteiger partial charge in [-0.05, 0) is 40.0 Å². The van der Waals surface area contributed by atoms with Crippen LogP contribution in [0.15, 0.2) is 25.3 Å². The van der Waals surface area contributed by atoms with Crippen molar-refractivity contribution in [2.75, 3.05) is 6.54 Å². The van der Waals surface area contributed by atoms with Gasteiger partial charge in [0.2, 0.25) is 6.29 Å². The van der Waals surface area contributed by atoms with Crippen molar-refractivity contribution < 1.29 is 28.6 Å². The van der Waals surface area contributed by atoms with Crippen LogP contribution in [0, 0.1) is 0 Å². The molecule has 0 spiro atoms. The van der Waals surface area contributed by atoms with E-state index in [1.807, 2.05) is 0 Å². The zero-order valence-electron chi connectivity index (χ0n) is 17.2. The molecule has 0 aliphatic carbocycles. The van der Waals surface area contributed by atoms with Crippen molar-refractivity contribution >= 4 is 17.9 Å². The van der Waals surface area contributed by atoms with Gasteiger partial charge in [0.1, 0.15) is 17.7 Å². The van der Waals surface area contributed by atoms with Crippen LogP contribution in [-0.2, 0) is 28.6 Å². The van der Waals surface area contributed by atoms with Crippen molar-refractivity contribution in [1.82, 2.24) is 10.6 Å². The highest BCUT2D eigenvalue weighted by Gasteiger charge is 2.31. The maximum atomic E-state index is 12.1. The summed E-state index contributed by atoms with van der Waals surface area (Å²) in [4.78, 5) is 36.1. The fourth-order valence-electron chi connectivity index (χ4n) is 2.71. The summed E-state index contributed by atoms with van der Waals surface area (Å²) in [6.45, 7) is 13.7. The fraction of sp³-hybridized carbons (Fsp3) is 0.650. The number of hydrogen-bond donors (Lipinski definition) is 2. The summed E-state index contributed by atoms with van der Waals surface area (Å²) in [5.41, 5.74) is -0.651. The Morgan fingerprint density at radius 3 is 2.46 bits per heavy atom. The van der Waals surface area contributed by atoms with Crippen LogP contribution < -0.4 is 10.6 Å². The lowest BCUT2D eigenvalue weighted by molar-refractivity contribution is -0.185. The Morgan fingerprint density at radius 1 is 1.21 bits per heavy atom. The first-order valence-electron chi connectivity index (χ1n) is 9.41. The molecule has 0 aromatic rings. The van der Waals surface area contributed by atoms with Crippen molar-refractivity contribution in [2.24, 2.45) is 0 Å². The molecule has 4 atom stereocenters. The molecule has 1 aliphatic heterocycles. The summed E-state index contributed by atoms with van der Waals surface area (Å²) in [5, 5.41) is 5.86. The summed E-state index contributed by atoms with van der Waals surface area (Å²) in [6, 6.07) is -1.06. The molecule has 1 fully saturated rings. The zero-order chi connectivity index (χ0) is 21.3. The molecule has 0 amide bonds. The first-order valence-corrected chi connectivity index (χ1v) is 9.41. The molecule has 158 valence electrons. The van der Waals surface area contributed by atoms with Gasteiger partial charge in [-0.2, -0.15) is 0 Å². The molecule has 1 aliphatic rings. The van der Waals surface area contributed by atoms with E-state index in [1.54, 1.807) is 26.8 Å². The minimum atomic E-state index is -1.04. The van der Waals surface area contributed by atoms with E-state index in [-0.39, 0.29) is 12.6 Å². The van der Waals surface area contributed by atoms with E-state index in [0.29, 0.717) is 6.42 Å². The Balaban J connectivity index is 2.37. The molecule has 8 heteroatoms. The SMILES string of the molecule is C=CCC1CCC(C(=O)OC(C)OC(=O)CN[C@@H](C=C)C(=O)OC(C)(C)C)N1. The largest absolute Gasteiger partial charge is 0.459 e. The van der Waals surface area contributed by atoms with E-state index in [0.717, 1.165) is 12.8 Å². The van der Waals surface area contributed by atoms with E-state index in [1.165, 1.54) is 13.0 Å². The van der Waals surface area contributed by atoms with Gasteiger partial charge in [-0.15, -0.1) is 13.2 Å². The number of carbonyl (C=O) groups is 3. The Bertz CT molecular complexity index is 584. The molecule has 28 heavy (non-hydrogen) atoms. The van der Waals surface area contributed by atoms with Crippen LogP contribution in [0.5, 0.6) is 0 Å². The molecule has 0 bridgehead atoms. The van der Waals surface area contributed by atoms with Gasteiger partial charge < -0.3 is 19.5 Å². The van der Waals surface area contributed by atoms with E-state index in [4.69, 9.17) is 14.2 Å². The lowest BCUT2D eigenvalue weighted by Crippen LogP contribution is -2.43. The van der Waals surface area contributed by atoms with Gasteiger partial charge in [-0.25, -0.2) is 4.79 Å². The standard InChI is InChI=1S/C20H32N2O6/c1-7-9-14-10-11-16(22-14)18(24)27-13(3)26-17(23)12-21-15(8-2)19(25)28-20(4,5)6/h7-8,13-16,21-22H,1-2,9-12H2,3-6H3/t13?,14?,15-,16?/m0/s1. The Hall–Kier alpha value is -2.19. The van der Waals surface area contributed by atoms with Crippen molar-refractivity contribution in [3.8, 4) is 0 Å². The predicted molar refractivity (Wildman–Crippen MR) is 104 cm³/mol. The molecule has 0 aromatic carbocycles. The first-order chi connectivity index (χ1) is 13.1. The summed E-state index contributed by atoms with van der Waals surface area (Å²) in [6.07, 6.45) is 4.41. The van der Waals surface area contributed by atoms with Crippen LogP contribution in [-0.4, -0.2) is 54.5 Å². The van der Waals surface area contributed by atoms with Gasteiger partial charge >= 0.3 is 17.9 Å². The van der Waals surface area contributed by atoms with E-state index in [2.05, 4.69) is 23.8 Å². The minimum absolute atomic E-state index is 0.209. The van der Waals surface area contributed by atoms with E-state index < -0.39 is 41.9 Å². The van der Waals surface area contributed by atoms with Crippen LogP contribution in [0.2, 0.25) is 0 Å². The number of carbonyl (C=O) groups excluding carboxylic acids is 3. The molecule has 1 heterocycles. The molecule has 3 unspecified atom stereocenters. The number of hydrogen-bond acceptors (Lipinski definition) is 8. The average molecular weight is 396 g/mol. The van der Waals surface area contributed by atoms with Crippen molar-refractivity contribution in [3.63, 3.8) is 0 Å². The van der Waals surface area contributed by atoms with Crippen molar-refractivity contribution in [3.05, 3.63) is 25.3 Å². The third kappa shape index (κ3) is 8.67. The van der Waals surface area contributed by atoms with Crippen LogP contribution in [0.3, 0.4) is 0 Å². The number of ether oxygens (including phenoxy) is 3. The molecule has 8 nitrogen and oxygen atoms in total. The topological polar surface area (TPSA) is 103 Å². The smallest absolute Gasteiger partial charge is 0.327 e. The normalized spacial score (nSPS) is 21.3. The van der Waals surface area contributed by atoms with Gasteiger partial charge in [0.25, 0.3) is 0 Å². The molecule has 2 N–H and O–H groups in total. The zero-order valence-corrected chi connectivity index (χ0v) is 17.2. The highest BCUT2D eigenvalue weighted by molar-refractivity contribution is 5.80. The molecule has 0 aromatic heterocycles. The summed E-state index contributed by atoms with van der Waals surface area (Å²) in [7, 11) is 0. The second-order valence-electron chi connectivity index (χ2n) is 7.64. The lowest BCUT2D eigenvalue weighted by Gasteiger charge is -2.23. The monoisotopic (exact) mass is 396 g/mol. The van der Waals surface area contributed by atoms with Crippen molar-refractivity contribution in [2.45, 2.75) is 77.0 Å². The number of rotatable bonds is 10. The molecule has 0 radical (unpaired) electrons. The van der Waals surface area contributed by atoms with Crippen LogP contribution in [0.1, 0.15) is 47.0 Å². The Morgan fingerprint density at radius 2 is 1.89 bits per heavy atom. The number of nitrogens with one attached hydrogen (secondary N) is 2. The van der Waals surface area contributed by atoms with E-state index >= 15 is 0 Å². The average Bonchev–Trinajstić information content (AvgIpc) is 3.02. The third-order valence-electron chi connectivity index (χ3n) is 3.92. The van der Waals surface area contributed by atoms with Crippen molar-refractivity contribution in [1.29, 1.82) is 0 Å². The molecular weight excluding hydrogens is 364 g/mol. The quantitative estimate of drug-likeness (QED) is 0.326. The Kier molecular flexibility index (Phi) is 9.34. The second kappa shape index (κ2) is 11.0. The van der Waals surface area contributed by atoms with Gasteiger partial charge in [0.05, 0.1) is 6.54 Å². The third-order valence-corrected chi connectivity index (χ3v) is 3.92. The lowest BCUT2D eigenvalue weighted by atomic mass is 10.1. The number of esters is 3.